The standard InChI is InChI=1S/C9H16N2S/c1-2-8(3-1)4-5-10-9-11-6-7-12-9/h8H,1-7H2,(H,10,11). The van der Waals surface area contributed by atoms with E-state index in [1.165, 1.54) is 36.6 Å². The molecular formula is C9H16N2S. The molecule has 1 aliphatic heterocycles. The maximum atomic E-state index is 4.34. The third-order valence-electron chi connectivity index (χ3n) is 2.64. The van der Waals surface area contributed by atoms with Crippen LogP contribution in [0.5, 0.6) is 0 Å². The molecule has 1 aliphatic carbocycles. The number of nitrogens with zero attached hydrogens (tertiary/aromatic N) is 1. The van der Waals surface area contributed by atoms with Crippen LogP contribution in [0.1, 0.15) is 25.7 Å². The molecule has 0 amide bonds. The predicted octanol–water partition coefficient (Wildman–Crippen LogP) is 1.87. The Bertz CT molecular complexity index is 175. The minimum Gasteiger partial charge on any atom is -0.365 e. The van der Waals surface area contributed by atoms with E-state index in [1.807, 2.05) is 11.8 Å². The molecule has 1 heterocycles. The highest BCUT2D eigenvalue weighted by atomic mass is 32.2. The number of hydrogen-bond donors (Lipinski definition) is 1. The number of rotatable bonds is 3. The summed E-state index contributed by atoms with van der Waals surface area (Å²) in [6, 6.07) is 0. The second kappa shape index (κ2) is 4.17. The van der Waals surface area contributed by atoms with Crippen molar-refractivity contribution in [1.82, 2.24) is 5.32 Å². The lowest BCUT2D eigenvalue weighted by Gasteiger charge is -2.25. The van der Waals surface area contributed by atoms with Crippen LogP contribution < -0.4 is 5.32 Å². The molecule has 0 aromatic carbocycles. The molecule has 0 radical (unpaired) electrons. The molecule has 0 bridgehead atoms. The molecule has 68 valence electrons. The molecule has 0 atom stereocenters. The fourth-order valence-corrected chi connectivity index (χ4v) is 2.37. The highest BCUT2D eigenvalue weighted by molar-refractivity contribution is 8.14. The molecule has 0 unspecified atom stereocenters. The van der Waals surface area contributed by atoms with Crippen molar-refractivity contribution in [3.63, 3.8) is 0 Å². The molecule has 0 spiro atoms. The number of thioether (sulfide) groups is 1. The molecule has 12 heavy (non-hydrogen) atoms. The lowest BCUT2D eigenvalue weighted by molar-refractivity contribution is 0.297. The van der Waals surface area contributed by atoms with Crippen molar-refractivity contribution in [2.24, 2.45) is 10.9 Å². The van der Waals surface area contributed by atoms with Crippen molar-refractivity contribution < 1.29 is 0 Å². The lowest BCUT2D eigenvalue weighted by Crippen LogP contribution is -2.24. The van der Waals surface area contributed by atoms with Crippen LogP contribution in [0.15, 0.2) is 4.99 Å². The van der Waals surface area contributed by atoms with Gasteiger partial charge in [-0.3, -0.25) is 4.99 Å². The van der Waals surface area contributed by atoms with Gasteiger partial charge in [0.1, 0.15) is 0 Å². The van der Waals surface area contributed by atoms with Crippen LogP contribution in [0.2, 0.25) is 0 Å². The van der Waals surface area contributed by atoms with E-state index in [1.54, 1.807) is 0 Å². The molecule has 1 saturated carbocycles. The van der Waals surface area contributed by atoms with Crippen molar-refractivity contribution in [2.75, 3.05) is 18.8 Å². The largest absolute Gasteiger partial charge is 0.365 e. The molecular weight excluding hydrogens is 168 g/mol. The number of amidine groups is 1. The fraction of sp³-hybridized carbons (Fsp3) is 0.889. The summed E-state index contributed by atoms with van der Waals surface area (Å²) in [7, 11) is 0. The Labute approximate surface area is 78.2 Å². The highest BCUT2D eigenvalue weighted by Gasteiger charge is 2.16. The van der Waals surface area contributed by atoms with E-state index in [9.17, 15) is 0 Å². The molecule has 2 aliphatic rings. The van der Waals surface area contributed by atoms with Gasteiger partial charge in [0.25, 0.3) is 0 Å². The van der Waals surface area contributed by atoms with Crippen LogP contribution in [0.4, 0.5) is 0 Å². The lowest BCUT2D eigenvalue weighted by atomic mass is 9.83. The SMILES string of the molecule is C1CC(CCNC2=NCCS2)C1. The Kier molecular flexibility index (Phi) is 2.93. The summed E-state index contributed by atoms with van der Waals surface area (Å²) in [6.45, 7) is 2.15. The van der Waals surface area contributed by atoms with Gasteiger partial charge in [-0.15, -0.1) is 0 Å². The minimum atomic E-state index is 1.01. The Morgan fingerprint density at radius 2 is 2.42 bits per heavy atom. The number of aliphatic imine (C=N–C) groups is 1. The summed E-state index contributed by atoms with van der Waals surface area (Å²) in [5, 5.41) is 4.57. The summed E-state index contributed by atoms with van der Waals surface area (Å²) < 4.78 is 0. The van der Waals surface area contributed by atoms with E-state index in [4.69, 9.17) is 0 Å². The first-order chi connectivity index (χ1) is 5.95. The van der Waals surface area contributed by atoms with Gasteiger partial charge in [-0.2, -0.15) is 0 Å². The first-order valence-corrected chi connectivity index (χ1v) is 5.85. The smallest absolute Gasteiger partial charge is 0.156 e. The number of hydrogen-bond acceptors (Lipinski definition) is 3. The van der Waals surface area contributed by atoms with Gasteiger partial charge >= 0.3 is 0 Å². The summed E-state index contributed by atoms with van der Waals surface area (Å²) in [6.07, 6.45) is 5.72. The van der Waals surface area contributed by atoms with Crippen LogP contribution in [-0.2, 0) is 0 Å². The van der Waals surface area contributed by atoms with Gasteiger partial charge in [-0.25, -0.2) is 0 Å². The third kappa shape index (κ3) is 2.16. The van der Waals surface area contributed by atoms with Crippen LogP contribution >= 0.6 is 11.8 Å². The van der Waals surface area contributed by atoms with Gasteiger partial charge in [0.15, 0.2) is 5.17 Å². The fourth-order valence-electron chi connectivity index (χ4n) is 1.61. The van der Waals surface area contributed by atoms with Gasteiger partial charge in [0.05, 0.1) is 6.54 Å². The van der Waals surface area contributed by atoms with Crippen LogP contribution in [0, 0.1) is 5.92 Å². The van der Waals surface area contributed by atoms with Gasteiger partial charge in [-0.1, -0.05) is 31.0 Å². The van der Waals surface area contributed by atoms with E-state index < -0.39 is 0 Å². The molecule has 2 nitrogen and oxygen atoms in total. The number of nitrogens with one attached hydrogen (secondary N) is 1. The molecule has 0 aromatic rings. The molecule has 3 heteroatoms. The van der Waals surface area contributed by atoms with Crippen molar-refractivity contribution >= 4 is 16.9 Å². The summed E-state index contributed by atoms with van der Waals surface area (Å²) in [5.74, 6) is 2.19. The topological polar surface area (TPSA) is 24.4 Å². The Morgan fingerprint density at radius 1 is 1.50 bits per heavy atom. The van der Waals surface area contributed by atoms with Gasteiger partial charge < -0.3 is 5.32 Å². The highest BCUT2D eigenvalue weighted by Crippen LogP contribution is 2.28. The maximum absolute atomic E-state index is 4.34. The summed E-state index contributed by atoms with van der Waals surface area (Å²) in [4.78, 5) is 4.34. The summed E-state index contributed by atoms with van der Waals surface area (Å²) in [5.41, 5.74) is 0. The van der Waals surface area contributed by atoms with Gasteiger partial charge in [-0.05, 0) is 12.3 Å². The normalized spacial score (nSPS) is 23.5. The molecule has 0 saturated heterocycles. The van der Waals surface area contributed by atoms with Crippen molar-refractivity contribution in [1.29, 1.82) is 0 Å². The second-order valence-electron chi connectivity index (χ2n) is 3.55. The maximum Gasteiger partial charge on any atom is 0.156 e. The van der Waals surface area contributed by atoms with E-state index in [2.05, 4.69) is 10.3 Å². The zero-order valence-electron chi connectivity index (χ0n) is 7.38. The molecule has 2 rings (SSSR count). The van der Waals surface area contributed by atoms with Crippen LogP contribution in [-0.4, -0.2) is 24.0 Å². The second-order valence-corrected chi connectivity index (χ2v) is 4.63. The average Bonchev–Trinajstić information content (AvgIpc) is 2.46. The quantitative estimate of drug-likeness (QED) is 0.724. The van der Waals surface area contributed by atoms with E-state index in [0.717, 1.165) is 19.0 Å². The Balaban J connectivity index is 1.55. The third-order valence-corrected chi connectivity index (χ3v) is 3.57. The average molecular weight is 184 g/mol. The van der Waals surface area contributed by atoms with Crippen molar-refractivity contribution in [2.45, 2.75) is 25.7 Å². The van der Waals surface area contributed by atoms with Crippen LogP contribution in [0.25, 0.3) is 0 Å². The Hall–Kier alpha value is -0.180. The monoisotopic (exact) mass is 184 g/mol. The zero-order chi connectivity index (χ0) is 8.23. The van der Waals surface area contributed by atoms with E-state index >= 15 is 0 Å². The minimum absolute atomic E-state index is 1.01. The molecule has 1 fully saturated rings. The van der Waals surface area contributed by atoms with E-state index in [0.29, 0.717) is 0 Å². The first kappa shape index (κ1) is 8.42. The first-order valence-electron chi connectivity index (χ1n) is 4.86. The Morgan fingerprint density at radius 3 is 3.00 bits per heavy atom. The van der Waals surface area contributed by atoms with Crippen molar-refractivity contribution in [3.8, 4) is 0 Å². The zero-order valence-corrected chi connectivity index (χ0v) is 8.20. The van der Waals surface area contributed by atoms with Crippen LogP contribution in [0.3, 0.4) is 0 Å². The predicted molar refractivity (Wildman–Crippen MR) is 54.7 cm³/mol. The van der Waals surface area contributed by atoms with E-state index in [-0.39, 0.29) is 0 Å². The molecule has 0 aromatic heterocycles. The van der Waals surface area contributed by atoms with Gasteiger partial charge in [0, 0.05) is 12.3 Å². The van der Waals surface area contributed by atoms with Gasteiger partial charge in [0.2, 0.25) is 0 Å². The molecule has 1 N–H and O–H groups in total. The van der Waals surface area contributed by atoms with Crippen molar-refractivity contribution in [3.05, 3.63) is 0 Å². The summed E-state index contributed by atoms with van der Waals surface area (Å²) >= 11 is 1.86.